The van der Waals surface area contributed by atoms with Crippen LogP contribution in [0, 0.1) is 0 Å². The molecule has 0 heterocycles. The van der Waals surface area contributed by atoms with Crippen molar-refractivity contribution < 1.29 is 25.2 Å². The maximum Gasteiger partial charge on any atom is 0.229 e. The molecule has 0 rings (SSSR count). The molecule has 0 aromatic heterocycles. The van der Waals surface area contributed by atoms with Gasteiger partial charge < -0.3 is 15.0 Å². The Hall–Kier alpha value is -0.650. The predicted octanol–water partition coefficient (Wildman–Crippen LogP) is -2.46. The molecule has 0 saturated heterocycles. The number of rotatable bonds is 2. The van der Waals surface area contributed by atoms with Gasteiger partial charge in [0, 0.05) is 0 Å². The van der Waals surface area contributed by atoms with E-state index in [0.717, 1.165) is 0 Å². The zero-order valence-electron chi connectivity index (χ0n) is 3.20. The van der Waals surface area contributed by atoms with Gasteiger partial charge >= 0.3 is 0 Å². The molecule has 0 aromatic rings. The van der Waals surface area contributed by atoms with Gasteiger partial charge in [-0.2, -0.15) is 0 Å². The van der Waals surface area contributed by atoms with Gasteiger partial charge in [0.2, 0.25) is 6.29 Å². The first kappa shape index (κ1) is 6.35. The largest absolute Gasteiger partial charge is 0.545 e. The summed E-state index contributed by atoms with van der Waals surface area (Å²) in [7, 11) is 0. The van der Waals surface area contributed by atoms with Gasteiger partial charge in [0.1, 0.15) is 5.97 Å². The monoisotopic (exact) mass is 107 g/mol. The first-order valence-electron chi connectivity index (χ1n) is 1.37. The summed E-state index contributed by atoms with van der Waals surface area (Å²) in [5.41, 5.74) is 0. The summed E-state index contributed by atoms with van der Waals surface area (Å²) >= 11 is 0. The minimum atomic E-state index is -2.24. The Bertz CT molecular complexity index is 68.5. The number of carboxylic acids is 1. The second-order valence-corrected chi connectivity index (χ2v) is 0.777. The number of hydrogen-bond donors (Lipinski definition) is 2. The van der Waals surface area contributed by atoms with E-state index in [-0.39, 0.29) is 0 Å². The summed E-state index contributed by atoms with van der Waals surface area (Å²) < 4.78 is 0. The third-order valence-corrected chi connectivity index (χ3v) is 0.301. The van der Waals surface area contributed by atoms with Gasteiger partial charge in [0.05, 0.1) is 0 Å². The Morgan fingerprint density at radius 2 is 2.29 bits per heavy atom. The molecule has 5 nitrogen and oxygen atoms in total. The fourth-order valence-electron chi connectivity index (χ4n) is 0.0430. The van der Waals surface area contributed by atoms with Gasteiger partial charge in [-0.15, -0.1) is 0 Å². The first-order chi connectivity index (χ1) is 3.18. The number of aliphatic hydroxyl groups is 1. The summed E-state index contributed by atoms with van der Waals surface area (Å²) in [5, 5.41) is 24.4. The van der Waals surface area contributed by atoms with Crippen LogP contribution in [-0.4, -0.2) is 22.6 Å². The van der Waals surface area contributed by atoms with Crippen LogP contribution < -0.4 is 5.11 Å². The quantitative estimate of drug-likeness (QED) is 0.232. The SMILES string of the molecule is O=C([O-])C(O)OO. The maximum absolute atomic E-state index is 9.28. The Balaban J connectivity index is 3.34. The number of aliphatic hydroxyl groups excluding tert-OH is 1. The molecule has 0 aliphatic carbocycles. The summed E-state index contributed by atoms with van der Waals surface area (Å²) in [6.45, 7) is 0. The summed E-state index contributed by atoms with van der Waals surface area (Å²) in [6.07, 6.45) is -2.24. The molecule has 0 aliphatic heterocycles. The highest BCUT2D eigenvalue weighted by atomic mass is 17.1. The van der Waals surface area contributed by atoms with Crippen LogP contribution in [0.5, 0.6) is 0 Å². The molecule has 7 heavy (non-hydrogen) atoms. The molecular formula is C2H3O5-. The standard InChI is InChI=1S/C2H4O5/c3-1(4)2(5)7-6/h2,5-6H,(H,3,4)/p-1. The van der Waals surface area contributed by atoms with Crippen molar-refractivity contribution in [2.45, 2.75) is 6.29 Å². The molecule has 2 N–H and O–H groups in total. The summed E-state index contributed by atoms with van der Waals surface area (Å²) in [5.74, 6) is -1.87. The number of carbonyl (C=O) groups excluding carboxylic acids is 1. The van der Waals surface area contributed by atoms with Crippen LogP contribution in [0.2, 0.25) is 0 Å². The van der Waals surface area contributed by atoms with E-state index in [0.29, 0.717) is 0 Å². The molecule has 1 atom stereocenters. The second kappa shape index (κ2) is 2.51. The van der Waals surface area contributed by atoms with Crippen LogP contribution >= 0.6 is 0 Å². The fourth-order valence-corrected chi connectivity index (χ4v) is 0.0430. The van der Waals surface area contributed by atoms with Gasteiger partial charge in [-0.25, -0.2) is 10.1 Å². The number of carbonyl (C=O) groups is 1. The van der Waals surface area contributed by atoms with Crippen LogP contribution in [0.4, 0.5) is 0 Å². The lowest BCUT2D eigenvalue weighted by atomic mass is 10.7. The lowest BCUT2D eigenvalue weighted by Gasteiger charge is -2.04. The van der Waals surface area contributed by atoms with Gasteiger partial charge in [0.25, 0.3) is 0 Å². The van der Waals surface area contributed by atoms with Gasteiger partial charge in [0.15, 0.2) is 0 Å². The molecule has 0 fully saturated rings. The van der Waals surface area contributed by atoms with Crippen LogP contribution in [0.25, 0.3) is 0 Å². The van der Waals surface area contributed by atoms with Crippen molar-refractivity contribution in [2.24, 2.45) is 0 Å². The minimum Gasteiger partial charge on any atom is -0.545 e. The Labute approximate surface area is 38.7 Å². The molecule has 5 heteroatoms. The van der Waals surface area contributed by atoms with E-state index in [1.54, 1.807) is 0 Å². The zero-order chi connectivity index (χ0) is 5.86. The molecule has 42 valence electrons. The molecule has 0 aromatic carbocycles. The maximum atomic E-state index is 9.28. The van der Waals surface area contributed by atoms with Crippen molar-refractivity contribution in [1.82, 2.24) is 0 Å². The number of carboxylic acid groups (broad SMARTS) is 1. The Kier molecular flexibility index (Phi) is 2.28. The van der Waals surface area contributed by atoms with E-state index in [1.165, 1.54) is 0 Å². The van der Waals surface area contributed by atoms with E-state index in [1.807, 2.05) is 0 Å². The van der Waals surface area contributed by atoms with Gasteiger partial charge in [-0.3, -0.25) is 0 Å². The van der Waals surface area contributed by atoms with Gasteiger partial charge in [-0.05, 0) is 0 Å². The van der Waals surface area contributed by atoms with Crippen molar-refractivity contribution in [2.75, 3.05) is 0 Å². The Morgan fingerprint density at radius 1 is 1.86 bits per heavy atom. The normalized spacial score (nSPS) is 13.4. The average molecular weight is 107 g/mol. The third kappa shape index (κ3) is 2.10. The van der Waals surface area contributed by atoms with E-state index < -0.39 is 12.3 Å². The molecule has 0 saturated carbocycles. The average Bonchev–Trinajstić information content (AvgIpc) is 1.65. The van der Waals surface area contributed by atoms with Crippen LogP contribution in [0.15, 0.2) is 0 Å². The van der Waals surface area contributed by atoms with Crippen LogP contribution in [0.1, 0.15) is 0 Å². The molecular weight excluding hydrogens is 104 g/mol. The molecule has 0 amide bonds. The molecule has 0 radical (unpaired) electrons. The first-order valence-corrected chi connectivity index (χ1v) is 1.37. The van der Waals surface area contributed by atoms with Crippen molar-refractivity contribution >= 4 is 5.97 Å². The number of hydrogen-bond acceptors (Lipinski definition) is 5. The van der Waals surface area contributed by atoms with E-state index >= 15 is 0 Å². The van der Waals surface area contributed by atoms with E-state index in [2.05, 4.69) is 4.89 Å². The zero-order valence-corrected chi connectivity index (χ0v) is 3.20. The summed E-state index contributed by atoms with van der Waals surface area (Å²) in [6, 6.07) is 0. The van der Waals surface area contributed by atoms with Crippen molar-refractivity contribution in [3.63, 3.8) is 0 Å². The highest BCUT2D eigenvalue weighted by Gasteiger charge is 2.00. The number of aliphatic carboxylic acids is 1. The third-order valence-electron chi connectivity index (χ3n) is 0.301. The lowest BCUT2D eigenvalue weighted by molar-refractivity contribution is -0.378. The highest BCUT2D eigenvalue weighted by molar-refractivity contribution is 5.67. The van der Waals surface area contributed by atoms with Crippen molar-refractivity contribution in [3.05, 3.63) is 0 Å². The smallest absolute Gasteiger partial charge is 0.229 e. The van der Waals surface area contributed by atoms with Crippen molar-refractivity contribution in [3.8, 4) is 0 Å². The van der Waals surface area contributed by atoms with Crippen molar-refractivity contribution in [1.29, 1.82) is 0 Å². The van der Waals surface area contributed by atoms with E-state index in [4.69, 9.17) is 10.4 Å². The molecule has 1 unspecified atom stereocenters. The Morgan fingerprint density at radius 3 is 2.29 bits per heavy atom. The predicted molar refractivity (Wildman–Crippen MR) is 14.7 cm³/mol. The van der Waals surface area contributed by atoms with Gasteiger partial charge in [-0.1, -0.05) is 0 Å². The van der Waals surface area contributed by atoms with Crippen LogP contribution in [-0.2, 0) is 9.68 Å². The fraction of sp³-hybridized carbons (Fsp3) is 0.500. The summed E-state index contributed by atoms with van der Waals surface area (Å²) in [4.78, 5) is 12.2. The molecule has 0 spiro atoms. The topological polar surface area (TPSA) is 89.8 Å². The minimum absolute atomic E-state index is 1.87. The second-order valence-electron chi connectivity index (χ2n) is 0.777. The van der Waals surface area contributed by atoms with Crippen LogP contribution in [0.3, 0.4) is 0 Å². The van der Waals surface area contributed by atoms with E-state index in [9.17, 15) is 9.90 Å². The molecule has 0 aliphatic rings. The molecule has 0 bridgehead atoms. The highest BCUT2D eigenvalue weighted by Crippen LogP contribution is 1.75. The lowest BCUT2D eigenvalue weighted by Crippen LogP contribution is -2.36.